The quantitative estimate of drug-likeness (QED) is 0.336. The average molecular weight is 480 g/mol. The van der Waals surface area contributed by atoms with Gasteiger partial charge in [0.1, 0.15) is 5.57 Å². The highest BCUT2D eigenvalue weighted by Gasteiger charge is 2.48. The Hall–Kier alpha value is -4.52. The predicted molar refractivity (Wildman–Crippen MR) is 139 cm³/mol. The second kappa shape index (κ2) is 9.26. The zero-order chi connectivity index (χ0) is 25.4. The van der Waals surface area contributed by atoms with E-state index in [0.29, 0.717) is 23.5 Å². The molecule has 0 bridgehead atoms. The average Bonchev–Trinajstić information content (AvgIpc) is 3.31. The van der Waals surface area contributed by atoms with Gasteiger partial charge in [0.25, 0.3) is 17.2 Å². The van der Waals surface area contributed by atoms with Gasteiger partial charge in [-0.15, -0.1) is 0 Å². The summed E-state index contributed by atoms with van der Waals surface area (Å²) in [5, 5.41) is 3.21. The largest absolute Gasteiger partial charge is 0.331 e. The number of aromatic nitrogens is 3. The maximum Gasteiger partial charge on any atom is 0.331 e. The van der Waals surface area contributed by atoms with E-state index in [-0.39, 0.29) is 22.4 Å². The van der Waals surface area contributed by atoms with Crippen molar-refractivity contribution in [2.24, 2.45) is 0 Å². The summed E-state index contributed by atoms with van der Waals surface area (Å²) in [5.74, 6) is -0.978. The first-order valence-electron chi connectivity index (χ1n) is 12.0. The number of H-pyrrole nitrogens is 1. The summed E-state index contributed by atoms with van der Waals surface area (Å²) in [5.41, 5.74) is 3.74. The molecule has 0 atom stereocenters. The molecule has 2 amide bonds. The van der Waals surface area contributed by atoms with Crippen LogP contribution in [0, 0.1) is 13.8 Å². The first-order chi connectivity index (χ1) is 17.4. The molecule has 1 aliphatic rings. The van der Waals surface area contributed by atoms with Gasteiger partial charge in [-0.25, -0.2) is 9.58 Å². The number of benzene rings is 2. The number of nitrogens with zero attached hydrogens (tertiary/aromatic N) is 3. The molecule has 0 spiro atoms. The molecule has 0 saturated heterocycles. The minimum Gasteiger partial charge on any atom is -0.294 e. The van der Waals surface area contributed by atoms with Crippen molar-refractivity contribution >= 4 is 28.8 Å². The minimum absolute atomic E-state index is 0.108. The summed E-state index contributed by atoms with van der Waals surface area (Å²) in [4.78, 5) is 42.9. The van der Waals surface area contributed by atoms with Crippen molar-refractivity contribution in [3.05, 3.63) is 112 Å². The van der Waals surface area contributed by atoms with Gasteiger partial charge < -0.3 is 0 Å². The van der Waals surface area contributed by atoms with Crippen LogP contribution in [-0.4, -0.2) is 21.6 Å². The summed E-state index contributed by atoms with van der Waals surface area (Å²) < 4.78 is 3.09. The third-order valence-corrected chi connectivity index (χ3v) is 6.26. The summed E-state index contributed by atoms with van der Waals surface area (Å²) in [6.07, 6.45) is 4.83. The Morgan fingerprint density at radius 1 is 0.833 bits per heavy atom. The Labute approximate surface area is 208 Å². The van der Waals surface area contributed by atoms with Crippen LogP contribution in [0.4, 0.5) is 5.69 Å². The number of hydrogen-bond donors (Lipinski definition) is 1. The standard InChI is InChI=1S/C29H26N4O3/c1-4-10-23-24(28(35)33(30-23)21-13-6-5-7-14-21)25-26(31-16-9-12-20(3)18-31)29(36)32(27(25)34)22-15-8-11-19(2)17-22/h5-9,11-18H,4,10H2,1-3H3/p+1. The van der Waals surface area contributed by atoms with Crippen LogP contribution in [0.15, 0.2) is 83.9 Å². The lowest BCUT2D eigenvalue weighted by Gasteiger charge is -2.14. The SMILES string of the molecule is CCCc1[nH]n(-c2ccccc2)c(=O)c1C1=C([n+]2cccc(C)c2)C(=O)N(c2cccc(C)c2)C1=O. The molecule has 7 nitrogen and oxygen atoms in total. The fraction of sp³-hybridized carbons (Fsp3) is 0.172. The van der Waals surface area contributed by atoms with Crippen LogP contribution in [-0.2, 0) is 16.0 Å². The van der Waals surface area contributed by atoms with Gasteiger partial charge in [-0.2, -0.15) is 4.57 Å². The summed E-state index contributed by atoms with van der Waals surface area (Å²) in [6.45, 7) is 5.83. The molecular weight excluding hydrogens is 452 g/mol. The molecule has 2 aromatic heterocycles. The number of rotatable bonds is 6. The molecule has 7 heteroatoms. The molecule has 2 aromatic carbocycles. The van der Waals surface area contributed by atoms with Gasteiger partial charge in [-0.3, -0.25) is 19.5 Å². The van der Waals surface area contributed by atoms with E-state index in [9.17, 15) is 14.4 Å². The number of amides is 2. The van der Waals surface area contributed by atoms with Crippen molar-refractivity contribution in [3.8, 4) is 5.69 Å². The van der Waals surface area contributed by atoms with Crippen molar-refractivity contribution < 1.29 is 14.2 Å². The molecule has 0 saturated carbocycles. The van der Waals surface area contributed by atoms with Crippen LogP contribution in [0.3, 0.4) is 0 Å². The van der Waals surface area contributed by atoms with E-state index in [2.05, 4.69) is 5.10 Å². The monoisotopic (exact) mass is 479 g/mol. The number of hydrogen-bond acceptors (Lipinski definition) is 3. The van der Waals surface area contributed by atoms with Gasteiger partial charge in [0.15, 0.2) is 12.4 Å². The minimum atomic E-state index is -0.511. The zero-order valence-electron chi connectivity index (χ0n) is 20.5. The lowest BCUT2D eigenvalue weighted by Crippen LogP contribution is -2.39. The molecule has 0 aliphatic carbocycles. The number of nitrogens with one attached hydrogen (secondary N) is 1. The highest BCUT2D eigenvalue weighted by molar-refractivity contribution is 6.53. The van der Waals surface area contributed by atoms with Gasteiger partial charge in [-0.1, -0.05) is 43.7 Å². The topological polar surface area (TPSA) is 79.1 Å². The van der Waals surface area contributed by atoms with Crippen molar-refractivity contribution in [2.75, 3.05) is 4.90 Å². The van der Waals surface area contributed by atoms with Gasteiger partial charge in [-0.05, 0) is 56.2 Å². The molecule has 3 heterocycles. The van der Waals surface area contributed by atoms with Crippen LogP contribution in [0.25, 0.3) is 17.0 Å². The number of pyridine rings is 1. The predicted octanol–water partition coefficient (Wildman–Crippen LogP) is 3.96. The molecule has 180 valence electrons. The van der Waals surface area contributed by atoms with Crippen LogP contribution >= 0.6 is 0 Å². The molecule has 0 radical (unpaired) electrons. The van der Waals surface area contributed by atoms with Crippen molar-refractivity contribution in [1.82, 2.24) is 9.78 Å². The third kappa shape index (κ3) is 3.88. The second-order valence-electron chi connectivity index (χ2n) is 8.99. The Balaban J connectivity index is 1.80. The van der Waals surface area contributed by atoms with Crippen molar-refractivity contribution in [1.29, 1.82) is 0 Å². The number of carbonyl (C=O) groups excluding carboxylic acids is 2. The van der Waals surface area contributed by atoms with E-state index in [0.717, 1.165) is 17.5 Å². The molecular formula is C29H27N4O3+. The molecule has 0 unspecified atom stereocenters. The highest BCUT2D eigenvalue weighted by Crippen LogP contribution is 2.34. The van der Waals surface area contributed by atoms with Gasteiger partial charge in [0, 0.05) is 17.3 Å². The Morgan fingerprint density at radius 2 is 1.56 bits per heavy atom. The summed E-state index contributed by atoms with van der Waals surface area (Å²) in [7, 11) is 0. The zero-order valence-corrected chi connectivity index (χ0v) is 20.5. The van der Waals surface area contributed by atoms with Crippen LogP contribution < -0.4 is 15.0 Å². The van der Waals surface area contributed by atoms with E-state index >= 15 is 0 Å². The van der Waals surface area contributed by atoms with Crippen molar-refractivity contribution in [3.63, 3.8) is 0 Å². The molecule has 5 rings (SSSR count). The Bertz CT molecular complexity index is 1580. The lowest BCUT2D eigenvalue weighted by molar-refractivity contribution is -0.577. The highest BCUT2D eigenvalue weighted by atomic mass is 16.2. The molecule has 4 aromatic rings. The van der Waals surface area contributed by atoms with E-state index in [1.807, 2.05) is 75.4 Å². The number of anilines is 1. The lowest BCUT2D eigenvalue weighted by atomic mass is 10.0. The second-order valence-corrected chi connectivity index (χ2v) is 8.99. The van der Waals surface area contributed by atoms with Gasteiger partial charge >= 0.3 is 5.91 Å². The molecule has 1 aliphatic heterocycles. The maximum atomic E-state index is 14.0. The van der Waals surface area contributed by atoms with E-state index in [4.69, 9.17) is 0 Å². The Kier molecular flexibility index (Phi) is 5.98. The van der Waals surface area contributed by atoms with E-state index < -0.39 is 11.8 Å². The fourth-order valence-electron chi connectivity index (χ4n) is 4.65. The van der Waals surface area contributed by atoms with Crippen LogP contribution in [0.2, 0.25) is 0 Å². The van der Waals surface area contributed by atoms with Crippen molar-refractivity contribution in [2.45, 2.75) is 33.6 Å². The molecule has 1 N–H and O–H groups in total. The molecule has 0 fully saturated rings. The first-order valence-corrected chi connectivity index (χ1v) is 12.0. The number of aryl methyl sites for hydroxylation is 3. The number of para-hydroxylation sites is 1. The summed E-state index contributed by atoms with van der Waals surface area (Å²) in [6, 6.07) is 20.2. The molecule has 36 heavy (non-hydrogen) atoms. The number of aromatic amines is 1. The fourth-order valence-corrected chi connectivity index (χ4v) is 4.65. The van der Waals surface area contributed by atoms with E-state index in [1.54, 1.807) is 29.1 Å². The van der Waals surface area contributed by atoms with Crippen LogP contribution in [0.5, 0.6) is 0 Å². The summed E-state index contributed by atoms with van der Waals surface area (Å²) >= 11 is 0. The van der Waals surface area contributed by atoms with Gasteiger partial charge in [0.05, 0.1) is 16.9 Å². The smallest absolute Gasteiger partial charge is 0.294 e. The first kappa shape index (κ1) is 23.2. The van der Waals surface area contributed by atoms with Crippen LogP contribution in [0.1, 0.15) is 35.7 Å². The number of carbonyl (C=O) groups is 2. The Morgan fingerprint density at radius 3 is 2.25 bits per heavy atom. The number of imide groups is 1. The van der Waals surface area contributed by atoms with E-state index in [1.165, 1.54) is 9.58 Å². The normalized spacial score (nSPS) is 13.7. The van der Waals surface area contributed by atoms with Gasteiger partial charge in [0.2, 0.25) is 0 Å². The maximum absolute atomic E-state index is 14.0. The third-order valence-electron chi connectivity index (χ3n) is 6.26.